The van der Waals surface area contributed by atoms with E-state index in [2.05, 4.69) is 20.0 Å². The number of pyridine rings is 2. The molecule has 0 spiro atoms. The van der Waals surface area contributed by atoms with Gasteiger partial charge < -0.3 is 20.1 Å². The molecule has 0 radical (unpaired) electrons. The Balaban J connectivity index is 1.59. The van der Waals surface area contributed by atoms with Crippen LogP contribution in [0.2, 0.25) is 0 Å². The molecule has 0 saturated carbocycles. The number of aryl methyl sites for hydroxylation is 1. The number of hydrogen-bond acceptors (Lipinski definition) is 6. The zero-order chi connectivity index (χ0) is 23.6. The van der Waals surface area contributed by atoms with Crippen LogP contribution in [0.4, 0.5) is 24.7 Å². The molecule has 0 aliphatic carbocycles. The number of aromatic nitrogens is 2. The van der Waals surface area contributed by atoms with E-state index in [0.29, 0.717) is 36.6 Å². The van der Waals surface area contributed by atoms with Crippen molar-refractivity contribution in [3.05, 3.63) is 66.1 Å². The molecule has 1 saturated heterocycles. The van der Waals surface area contributed by atoms with Crippen molar-refractivity contribution in [2.45, 2.75) is 25.8 Å². The molecule has 3 heterocycles. The molecule has 1 aromatic carbocycles. The summed E-state index contributed by atoms with van der Waals surface area (Å²) < 4.78 is 40.8. The van der Waals surface area contributed by atoms with E-state index < -0.39 is 18.4 Å². The van der Waals surface area contributed by atoms with Crippen molar-refractivity contribution in [2.24, 2.45) is 0 Å². The lowest BCUT2D eigenvalue weighted by atomic mass is 10.1. The first-order valence-electron chi connectivity index (χ1n) is 10.2. The molecule has 0 bridgehead atoms. The Bertz CT molecular complexity index is 1140. The fourth-order valence-corrected chi connectivity index (χ4v) is 3.55. The molecule has 1 fully saturated rings. The minimum atomic E-state index is -4.79. The maximum atomic E-state index is 12.8. The summed E-state index contributed by atoms with van der Waals surface area (Å²) in [5.74, 6) is -0.211. The van der Waals surface area contributed by atoms with Crippen molar-refractivity contribution < 1.29 is 27.8 Å². The predicted molar refractivity (Wildman–Crippen MR) is 116 cm³/mol. The maximum absolute atomic E-state index is 12.8. The van der Waals surface area contributed by atoms with Gasteiger partial charge in [-0.1, -0.05) is 6.07 Å². The normalized spacial score (nSPS) is 16.0. The van der Waals surface area contributed by atoms with Gasteiger partial charge in [-0.05, 0) is 49.7 Å². The monoisotopic (exact) mass is 458 g/mol. The number of benzene rings is 1. The molecule has 10 heteroatoms. The molecule has 4 rings (SSSR count). The number of ether oxygens (including phenoxy) is 1. The Morgan fingerprint density at radius 2 is 1.91 bits per heavy atom. The first kappa shape index (κ1) is 22.5. The molecule has 2 aromatic heterocycles. The van der Waals surface area contributed by atoms with Gasteiger partial charge in [-0.15, -0.1) is 13.2 Å². The van der Waals surface area contributed by atoms with E-state index in [9.17, 15) is 23.1 Å². The summed E-state index contributed by atoms with van der Waals surface area (Å²) in [6, 6.07) is 10.3. The predicted octanol–water partition coefficient (Wildman–Crippen LogP) is 4.17. The van der Waals surface area contributed by atoms with Crippen LogP contribution >= 0.6 is 0 Å². The zero-order valence-corrected chi connectivity index (χ0v) is 17.6. The highest BCUT2D eigenvalue weighted by molar-refractivity contribution is 6.05. The lowest BCUT2D eigenvalue weighted by Gasteiger charge is -2.21. The SMILES string of the molecule is Cc1ccc(-c2cc(C(=O)Nc3ccc(OC(F)(F)F)cc3)cnc2N2CCC(O)C2)cn1. The Labute approximate surface area is 187 Å². The van der Waals surface area contributed by atoms with Crippen molar-refractivity contribution in [1.82, 2.24) is 9.97 Å². The van der Waals surface area contributed by atoms with Gasteiger partial charge in [-0.2, -0.15) is 0 Å². The number of nitrogens with zero attached hydrogens (tertiary/aromatic N) is 3. The van der Waals surface area contributed by atoms with Crippen LogP contribution in [0.15, 0.2) is 54.9 Å². The number of β-amino-alcohol motifs (C(OH)–C–C–N with tert-alkyl or cyclic N) is 1. The van der Waals surface area contributed by atoms with Gasteiger partial charge in [0.15, 0.2) is 0 Å². The van der Waals surface area contributed by atoms with Crippen LogP contribution < -0.4 is 15.0 Å². The maximum Gasteiger partial charge on any atom is 0.573 e. The molecular formula is C23H21F3N4O3. The quantitative estimate of drug-likeness (QED) is 0.597. The van der Waals surface area contributed by atoms with Gasteiger partial charge in [0.2, 0.25) is 0 Å². The van der Waals surface area contributed by atoms with E-state index in [-0.39, 0.29) is 11.3 Å². The number of hydrogen-bond donors (Lipinski definition) is 2. The number of carbonyl (C=O) groups is 1. The van der Waals surface area contributed by atoms with Crippen molar-refractivity contribution in [2.75, 3.05) is 23.3 Å². The van der Waals surface area contributed by atoms with E-state index in [0.717, 1.165) is 23.4 Å². The van der Waals surface area contributed by atoms with Gasteiger partial charge in [0.1, 0.15) is 11.6 Å². The van der Waals surface area contributed by atoms with Crippen LogP contribution in [0.5, 0.6) is 5.75 Å². The molecule has 1 atom stereocenters. The Morgan fingerprint density at radius 1 is 1.15 bits per heavy atom. The lowest BCUT2D eigenvalue weighted by molar-refractivity contribution is -0.274. The molecule has 1 unspecified atom stereocenters. The van der Waals surface area contributed by atoms with Gasteiger partial charge >= 0.3 is 6.36 Å². The van der Waals surface area contributed by atoms with Gasteiger partial charge in [-0.3, -0.25) is 9.78 Å². The fourth-order valence-electron chi connectivity index (χ4n) is 3.55. The number of rotatable bonds is 5. The second-order valence-electron chi connectivity index (χ2n) is 7.70. The van der Waals surface area contributed by atoms with Gasteiger partial charge in [-0.25, -0.2) is 4.98 Å². The summed E-state index contributed by atoms with van der Waals surface area (Å²) in [6.45, 7) is 2.95. The number of aliphatic hydroxyl groups is 1. The summed E-state index contributed by atoms with van der Waals surface area (Å²) in [4.78, 5) is 23.6. The van der Waals surface area contributed by atoms with E-state index in [4.69, 9.17) is 0 Å². The van der Waals surface area contributed by atoms with Crippen molar-refractivity contribution in [1.29, 1.82) is 0 Å². The van der Waals surface area contributed by atoms with Gasteiger partial charge in [0.05, 0.1) is 11.7 Å². The van der Waals surface area contributed by atoms with E-state index in [1.54, 1.807) is 12.3 Å². The van der Waals surface area contributed by atoms with E-state index in [1.807, 2.05) is 24.0 Å². The van der Waals surface area contributed by atoms with Crippen LogP contribution in [0.25, 0.3) is 11.1 Å². The van der Waals surface area contributed by atoms with Crippen molar-refractivity contribution >= 4 is 17.4 Å². The second-order valence-corrected chi connectivity index (χ2v) is 7.70. The van der Waals surface area contributed by atoms with Gasteiger partial charge in [0, 0.05) is 48.0 Å². The van der Waals surface area contributed by atoms with Gasteiger partial charge in [0.25, 0.3) is 5.91 Å². The fraction of sp³-hybridized carbons (Fsp3) is 0.261. The number of halogens is 3. The third-order valence-electron chi connectivity index (χ3n) is 5.16. The smallest absolute Gasteiger partial charge is 0.406 e. The van der Waals surface area contributed by atoms with Crippen LogP contribution in [-0.4, -0.2) is 46.5 Å². The topological polar surface area (TPSA) is 87.6 Å². The Hall–Kier alpha value is -3.66. The molecule has 2 N–H and O–H groups in total. The van der Waals surface area contributed by atoms with Crippen LogP contribution in [0.3, 0.4) is 0 Å². The largest absolute Gasteiger partial charge is 0.573 e. The summed E-state index contributed by atoms with van der Waals surface area (Å²) in [5, 5.41) is 12.6. The molecule has 33 heavy (non-hydrogen) atoms. The van der Waals surface area contributed by atoms with Crippen molar-refractivity contribution in [3.8, 4) is 16.9 Å². The standard InChI is InChI=1S/C23H21F3N4O3/c1-14-2-3-15(11-27-14)20-10-16(12-28-21(20)30-9-8-18(31)13-30)22(32)29-17-4-6-19(7-5-17)33-23(24,25)26/h2-7,10-12,18,31H,8-9,13H2,1H3,(H,29,32). The van der Waals surface area contributed by atoms with Crippen LogP contribution in [0.1, 0.15) is 22.5 Å². The first-order chi connectivity index (χ1) is 15.7. The summed E-state index contributed by atoms with van der Waals surface area (Å²) in [6.07, 6.45) is -1.47. The highest BCUT2D eigenvalue weighted by Gasteiger charge is 2.31. The summed E-state index contributed by atoms with van der Waals surface area (Å²) in [7, 11) is 0. The summed E-state index contributed by atoms with van der Waals surface area (Å²) >= 11 is 0. The molecule has 1 aliphatic heterocycles. The van der Waals surface area contributed by atoms with E-state index in [1.165, 1.54) is 18.3 Å². The third kappa shape index (κ3) is 5.58. The first-order valence-corrected chi connectivity index (χ1v) is 10.2. The molecule has 172 valence electrons. The third-order valence-corrected chi connectivity index (χ3v) is 5.16. The number of amides is 1. The minimum Gasteiger partial charge on any atom is -0.406 e. The highest BCUT2D eigenvalue weighted by atomic mass is 19.4. The van der Waals surface area contributed by atoms with Crippen molar-refractivity contribution in [3.63, 3.8) is 0 Å². The van der Waals surface area contributed by atoms with Crippen LogP contribution in [0, 0.1) is 6.92 Å². The Kier molecular flexibility index (Phi) is 6.19. The Morgan fingerprint density at radius 3 is 2.52 bits per heavy atom. The molecule has 3 aromatic rings. The number of alkyl halides is 3. The molecular weight excluding hydrogens is 437 g/mol. The minimum absolute atomic E-state index is 0.268. The average Bonchev–Trinajstić information content (AvgIpc) is 3.20. The lowest BCUT2D eigenvalue weighted by Crippen LogP contribution is -2.23. The molecule has 7 nitrogen and oxygen atoms in total. The number of nitrogens with one attached hydrogen (secondary N) is 1. The zero-order valence-electron chi connectivity index (χ0n) is 17.6. The van der Waals surface area contributed by atoms with E-state index >= 15 is 0 Å². The highest BCUT2D eigenvalue weighted by Crippen LogP contribution is 2.32. The molecule has 1 amide bonds. The number of aliphatic hydroxyl groups excluding tert-OH is 1. The average molecular weight is 458 g/mol. The molecule has 1 aliphatic rings. The van der Waals surface area contributed by atoms with Crippen LogP contribution in [-0.2, 0) is 0 Å². The second kappa shape index (κ2) is 9.07. The summed E-state index contributed by atoms with van der Waals surface area (Å²) in [5.41, 5.74) is 2.88. The number of anilines is 2. The number of carbonyl (C=O) groups excluding carboxylic acids is 1.